The first kappa shape index (κ1) is 7.92. The van der Waals surface area contributed by atoms with Crippen LogP contribution in [-0.2, 0) is 4.79 Å². The van der Waals surface area contributed by atoms with Crippen molar-refractivity contribution in [3.05, 3.63) is 0 Å². The van der Waals surface area contributed by atoms with Gasteiger partial charge in [0.2, 0.25) is 5.91 Å². The van der Waals surface area contributed by atoms with Gasteiger partial charge < -0.3 is 4.90 Å². The zero-order valence-electron chi connectivity index (χ0n) is 6.46. The van der Waals surface area contributed by atoms with Crippen LogP contribution in [-0.4, -0.2) is 35.9 Å². The summed E-state index contributed by atoms with van der Waals surface area (Å²) in [5.74, 6) is 1.44. The topological polar surface area (TPSA) is 20.3 Å². The molecule has 58 valence electrons. The Morgan fingerprint density at radius 3 is 2.70 bits per heavy atom. The number of thioether (sulfide) groups is 1. The van der Waals surface area contributed by atoms with Crippen LogP contribution in [0.2, 0.25) is 0 Å². The minimum Gasteiger partial charge on any atom is -0.348 e. The Hall–Kier alpha value is -0.180. The molecule has 1 aliphatic heterocycles. The third kappa shape index (κ3) is 1.66. The molecule has 1 atom stereocenters. The molecule has 0 N–H and O–H groups in total. The van der Waals surface area contributed by atoms with Gasteiger partial charge in [0.05, 0.1) is 5.25 Å². The number of nitrogens with zero attached hydrogens (tertiary/aromatic N) is 1. The number of carbonyl (C=O) groups excluding carboxylic acids is 1. The number of carbonyl (C=O) groups is 1. The van der Waals surface area contributed by atoms with Gasteiger partial charge in [0.25, 0.3) is 0 Å². The van der Waals surface area contributed by atoms with E-state index in [1.165, 1.54) is 6.42 Å². The van der Waals surface area contributed by atoms with Crippen LogP contribution in [0, 0.1) is 0 Å². The van der Waals surface area contributed by atoms with E-state index in [1.54, 1.807) is 16.7 Å². The normalized spacial score (nSPS) is 24.8. The smallest absolute Gasteiger partial charge is 0.235 e. The lowest BCUT2D eigenvalue weighted by Crippen LogP contribution is -2.29. The van der Waals surface area contributed by atoms with E-state index in [1.807, 2.05) is 14.1 Å². The fourth-order valence-corrected chi connectivity index (χ4v) is 2.36. The average Bonchev–Trinajstić information content (AvgIpc) is 2.36. The molecule has 1 amide bonds. The molecule has 0 saturated carbocycles. The van der Waals surface area contributed by atoms with Crippen LogP contribution < -0.4 is 0 Å². The maximum absolute atomic E-state index is 11.3. The zero-order chi connectivity index (χ0) is 7.56. The van der Waals surface area contributed by atoms with Crippen LogP contribution in [0.3, 0.4) is 0 Å². The second-order valence-electron chi connectivity index (χ2n) is 2.73. The lowest BCUT2D eigenvalue weighted by molar-refractivity contribution is -0.128. The van der Waals surface area contributed by atoms with Gasteiger partial charge in [-0.1, -0.05) is 0 Å². The molecule has 0 aromatic rings. The molecule has 1 unspecified atom stereocenters. The third-order valence-corrected chi connectivity index (χ3v) is 3.01. The number of amides is 1. The van der Waals surface area contributed by atoms with Crippen LogP contribution in [0.25, 0.3) is 0 Å². The highest BCUT2D eigenvalue weighted by Gasteiger charge is 2.24. The molecule has 1 aliphatic rings. The highest BCUT2D eigenvalue weighted by Crippen LogP contribution is 2.26. The van der Waals surface area contributed by atoms with Crippen LogP contribution in [0.15, 0.2) is 0 Å². The molecular weight excluding hydrogens is 146 g/mol. The Labute approximate surface area is 66.0 Å². The van der Waals surface area contributed by atoms with E-state index in [-0.39, 0.29) is 11.2 Å². The van der Waals surface area contributed by atoms with Gasteiger partial charge in [-0.05, 0) is 18.6 Å². The lowest BCUT2D eigenvalue weighted by atomic mass is 10.2. The molecule has 0 radical (unpaired) electrons. The summed E-state index contributed by atoms with van der Waals surface area (Å²) in [5.41, 5.74) is 0. The minimum absolute atomic E-state index is 0.259. The van der Waals surface area contributed by atoms with E-state index in [2.05, 4.69) is 0 Å². The molecule has 0 aromatic heterocycles. The van der Waals surface area contributed by atoms with Crippen molar-refractivity contribution in [1.29, 1.82) is 0 Å². The van der Waals surface area contributed by atoms with E-state index >= 15 is 0 Å². The molecular formula is C7H13NOS. The van der Waals surface area contributed by atoms with Crippen LogP contribution in [0.4, 0.5) is 0 Å². The van der Waals surface area contributed by atoms with Gasteiger partial charge in [-0.3, -0.25) is 4.79 Å². The number of hydrogen-bond donors (Lipinski definition) is 0. The first-order valence-corrected chi connectivity index (χ1v) is 4.59. The highest BCUT2D eigenvalue weighted by atomic mass is 32.2. The van der Waals surface area contributed by atoms with Crippen LogP contribution >= 0.6 is 11.8 Å². The molecule has 2 nitrogen and oxygen atoms in total. The summed E-state index contributed by atoms with van der Waals surface area (Å²) in [4.78, 5) is 12.9. The number of rotatable bonds is 1. The average molecular weight is 159 g/mol. The van der Waals surface area contributed by atoms with Crippen molar-refractivity contribution in [2.75, 3.05) is 19.8 Å². The predicted octanol–water partition coefficient (Wildman–Crippen LogP) is 0.970. The molecule has 1 heterocycles. The summed E-state index contributed by atoms with van der Waals surface area (Å²) in [5, 5.41) is 0.259. The van der Waals surface area contributed by atoms with Gasteiger partial charge in [-0.2, -0.15) is 0 Å². The van der Waals surface area contributed by atoms with Crippen molar-refractivity contribution in [2.24, 2.45) is 0 Å². The van der Waals surface area contributed by atoms with Crippen molar-refractivity contribution in [3.63, 3.8) is 0 Å². The maximum atomic E-state index is 11.3. The zero-order valence-corrected chi connectivity index (χ0v) is 7.28. The van der Waals surface area contributed by atoms with Crippen molar-refractivity contribution in [2.45, 2.75) is 18.1 Å². The van der Waals surface area contributed by atoms with Crippen molar-refractivity contribution >= 4 is 17.7 Å². The first-order chi connectivity index (χ1) is 4.72. The van der Waals surface area contributed by atoms with Gasteiger partial charge in [0.1, 0.15) is 0 Å². The van der Waals surface area contributed by atoms with E-state index in [9.17, 15) is 4.79 Å². The predicted molar refractivity (Wildman–Crippen MR) is 44.2 cm³/mol. The third-order valence-electron chi connectivity index (χ3n) is 1.65. The Morgan fingerprint density at radius 1 is 1.60 bits per heavy atom. The SMILES string of the molecule is CN(C)C(=O)C1CCCS1. The standard InChI is InChI=1S/C7H13NOS/c1-8(2)7(9)6-4-3-5-10-6/h6H,3-5H2,1-2H3. The van der Waals surface area contributed by atoms with E-state index < -0.39 is 0 Å². The Kier molecular flexibility index (Phi) is 2.60. The molecule has 1 rings (SSSR count). The summed E-state index contributed by atoms with van der Waals surface area (Å²) in [6, 6.07) is 0. The molecule has 1 saturated heterocycles. The highest BCUT2D eigenvalue weighted by molar-refractivity contribution is 8.00. The fourth-order valence-electron chi connectivity index (χ4n) is 1.06. The molecule has 0 bridgehead atoms. The quantitative estimate of drug-likeness (QED) is 0.568. The monoisotopic (exact) mass is 159 g/mol. The van der Waals surface area contributed by atoms with Crippen LogP contribution in [0.1, 0.15) is 12.8 Å². The minimum atomic E-state index is 0.259. The van der Waals surface area contributed by atoms with E-state index in [0.29, 0.717) is 0 Å². The Balaban J connectivity index is 2.40. The fraction of sp³-hybridized carbons (Fsp3) is 0.857. The maximum Gasteiger partial charge on any atom is 0.235 e. The van der Waals surface area contributed by atoms with Crippen molar-refractivity contribution in [3.8, 4) is 0 Å². The van der Waals surface area contributed by atoms with Crippen molar-refractivity contribution < 1.29 is 4.79 Å². The van der Waals surface area contributed by atoms with Gasteiger partial charge >= 0.3 is 0 Å². The molecule has 3 heteroatoms. The lowest BCUT2D eigenvalue weighted by Gasteiger charge is -2.14. The number of hydrogen-bond acceptors (Lipinski definition) is 2. The Morgan fingerprint density at radius 2 is 2.30 bits per heavy atom. The Bertz CT molecular complexity index is 130. The summed E-state index contributed by atoms with van der Waals surface area (Å²) in [7, 11) is 3.64. The largest absolute Gasteiger partial charge is 0.348 e. The van der Waals surface area contributed by atoms with E-state index in [4.69, 9.17) is 0 Å². The van der Waals surface area contributed by atoms with Crippen LogP contribution in [0.5, 0.6) is 0 Å². The van der Waals surface area contributed by atoms with E-state index in [0.717, 1.165) is 12.2 Å². The molecule has 0 aromatic carbocycles. The van der Waals surface area contributed by atoms with Gasteiger partial charge in [0, 0.05) is 14.1 Å². The summed E-state index contributed by atoms with van der Waals surface area (Å²) < 4.78 is 0. The summed E-state index contributed by atoms with van der Waals surface area (Å²) >= 11 is 1.79. The summed E-state index contributed by atoms with van der Waals surface area (Å²) in [6.07, 6.45) is 2.27. The summed E-state index contributed by atoms with van der Waals surface area (Å²) in [6.45, 7) is 0. The molecule has 1 fully saturated rings. The van der Waals surface area contributed by atoms with Gasteiger partial charge in [0.15, 0.2) is 0 Å². The molecule has 10 heavy (non-hydrogen) atoms. The van der Waals surface area contributed by atoms with Crippen molar-refractivity contribution in [1.82, 2.24) is 4.90 Å². The van der Waals surface area contributed by atoms with Gasteiger partial charge in [-0.25, -0.2) is 0 Å². The van der Waals surface area contributed by atoms with Gasteiger partial charge in [-0.15, -0.1) is 11.8 Å². The second-order valence-corrected chi connectivity index (χ2v) is 4.04. The second kappa shape index (κ2) is 3.28. The first-order valence-electron chi connectivity index (χ1n) is 3.54. The molecule has 0 spiro atoms. The molecule has 0 aliphatic carbocycles.